The minimum Gasteiger partial charge on any atom is -0.512 e. The molecule has 0 amide bonds. The van der Waals surface area contributed by atoms with Gasteiger partial charge in [0.15, 0.2) is 0 Å². The fourth-order valence-electron chi connectivity index (χ4n) is 0.907. The van der Waals surface area contributed by atoms with Crippen LogP contribution in [-0.2, 0) is 6.42 Å². The smallest absolute Gasteiger partial charge is 0.0923 e. The molecule has 1 N–H and O–H groups in total. The Labute approximate surface area is 67.0 Å². The highest BCUT2D eigenvalue weighted by molar-refractivity contribution is 5.18. The van der Waals surface area contributed by atoms with Crippen molar-refractivity contribution in [2.45, 2.75) is 13.3 Å². The van der Waals surface area contributed by atoms with E-state index >= 15 is 0 Å². The Morgan fingerprint density at radius 1 is 1.36 bits per heavy atom. The van der Waals surface area contributed by atoms with Gasteiger partial charge in [-0.3, -0.25) is 0 Å². The van der Waals surface area contributed by atoms with E-state index in [1.54, 1.807) is 6.08 Å². The monoisotopic (exact) mass is 148 g/mol. The van der Waals surface area contributed by atoms with Crippen molar-refractivity contribution in [3.05, 3.63) is 47.7 Å². The third-order valence-electron chi connectivity index (χ3n) is 1.56. The molecular formula is C10H12O. The van der Waals surface area contributed by atoms with Gasteiger partial charge in [-0.15, -0.1) is 0 Å². The number of aliphatic hydroxyl groups excluding tert-OH is 1. The van der Waals surface area contributed by atoms with Crippen molar-refractivity contribution in [1.29, 1.82) is 0 Å². The maximum atomic E-state index is 9.17. The number of benzene rings is 1. The lowest BCUT2D eigenvalue weighted by atomic mass is 10.1. The Kier molecular flexibility index (Phi) is 2.73. The van der Waals surface area contributed by atoms with Gasteiger partial charge in [0.1, 0.15) is 0 Å². The second-order valence-electron chi connectivity index (χ2n) is 2.44. The van der Waals surface area contributed by atoms with Gasteiger partial charge in [-0.05, 0) is 18.6 Å². The highest BCUT2D eigenvalue weighted by Crippen LogP contribution is 2.04. The third-order valence-corrected chi connectivity index (χ3v) is 1.56. The third kappa shape index (κ3) is 2.46. The first-order valence-electron chi connectivity index (χ1n) is 3.71. The Bertz CT molecular complexity index is 236. The molecule has 1 aromatic rings. The van der Waals surface area contributed by atoms with E-state index in [1.807, 2.05) is 37.3 Å². The van der Waals surface area contributed by atoms with Gasteiger partial charge in [-0.25, -0.2) is 0 Å². The second kappa shape index (κ2) is 3.81. The largest absolute Gasteiger partial charge is 0.512 e. The average Bonchev–Trinajstić information content (AvgIpc) is 2.06. The second-order valence-corrected chi connectivity index (χ2v) is 2.44. The molecule has 0 spiro atoms. The molecule has 0 aromatic heterocycles. The predicted molar refractivity (Wildman–Crippen MR) is 46.5 cm³/mol. The number of rotatable bonds is 2. The molecular weight excluding hydrogens is 136 g/mol. The summed E-state index contributed by atoms with van der Waals surface area (Å²) < 4.78 is 0. The summed E-state index contributed by atoms with van der Waals surface area (Å²) in [4.78, 5) is 0. The minimum absolute atomic E-state index is 0.427. The summed E-state index contributed by atoms with van der Waals surface area (Å²) in [7, 11) is 0. The first-order valence-corrected chi connectivity index (χ1v) is 3.71. The van der Waals surface area contributed by atoms with E-state index in [9.17, 15) is 5.11 Å². The average molecular weight is 148 g/mol. The molecule has 58 valence electrons. The van der Waals surface area contributed by atoms with E-state index in [1.165, 1.54) is 0 Å². The molecule has 1 rings (SSSR count). The molecule has 0 atom stereocenters. The molecule has 1 aromatic carbocycles. The zero-order valence-corrected chi connectivity index (χ0v) is 6.62. The molecule has 0 aliphatic rings. The van der Waals surface area contributed by atoms with Crippen LogP contribution >= 0.6 is 0 Å². The van der Waals surface area contributed by atoms with E-state index in [-0.39, 0.29) is 0 Å². The van der Waals surface area contributed by atoms with Gasteiger partial charge >= 0.3 is 0 Å². The molecule has 0 radical (unpaired) electrons. The fourth-order valence-corrected chi connectivity index (χ4v) is 0.907. The Hall–Kier alpha value is -1.24. The Morgan fingerprint density at radius 2 is 2.00 bits per heavy atom. The van der Waals surface area contributed by atoms with E-state index in [0.717, 1.165) is 5.56 Å². The van der Waals surface area contributed by atoms with Crippen molar-refractivity contribution >= 4 is 0 Å². The van der Waals surface area contributed by atoms with Crippen LogP contribution in [0.15, 0.2) is 42.2 Å². The molecule has 11 heavy (non-hydrogen) atoms. The Morgan fingerprint density at radius 3 is 2.55 bits per heavy atom. The van der Waals surface area contributed by atoms with Crippen molar-refractivity contribution in [1.82, 2.24) is 0 Å². The predicted octanol–water partition coefficient (Wildman–Crippen LogP) is 2.69. The summed E-state index contributed by atoms with van der Waals surface area (Å²) >= 11 is 0. The summed E-state index contributed by atoms with van der Waals surface area (Å²) in [6, 6.07) is 9.91. The first kappa shape index (κ1) is 7.86. The minimum atomic E-state index is 0.427. The first-order chi connectivity index (χ1) is 5.33. The van der Waals surface area contributed by atoms with E-state index in [4.69, 9.17) is 0 Å². The number of hydrogen-bond donors (Lipinski definition) is 1. The summed E-state index contributed by atoms with van der Waals surface area (Å²) in [5.74, 6) is 0.427. The van der Waals surface area contributed by atoms with Gasteiger partial charge in [0.25, 0.3) is 0 Å². The van der Waals surface area contributed by atoms with Crippen LogP contribution in [0.2, 0.25) is 0 Å². The lowest BCUT2D eigenvalue weighted by Crippen LogP contribution is -1.87. The van der Waals surface area contributed by atoms with Gasteiger partial charge in [-0.2, -0.15) is 0 Å². The van der Waals surface area contributed by atoms with Crippen molar-refractivity contribution in [2.75, 3.05) is 0 Å². The van der Waals surface area contributed by atoms with Crippen LogP contribution in [-0.4, -0.2) is 5.11 Å². The van der Waals surface area contributed by atoms with Gasteiger partial charge in [0.05, 0.1) is 5.76 Å². The van der Waals surface area contributed by atoms with Crippen LogP contribution in [0.4, 0.5) is 0 Å². The molecule has 0 fully saturated rings. The van der Waals surface area contributed by atoms with Crippen LogP contribution in [0.25, 0.3) is 0 Å². The molecule has 0 aliphatic heterocycles. The highest BCUT2D eigenvalue weighted by Gasteiger charge is 1.92. The number of allylic oxidation sites excluding steroid dienone is 2. The van der Waals surface area contributed by atoms with Gasteiger partial charge in [0, 0.05) is 6.42 Å². The molecule has 0 saturated heterocycles. The lowest BCUT2D eigenvalue weighted by Gasteiger charge is -1.98. The standard InChI is InChI=1S/C10H12O/c1-2-10(11)8-9-6-4-3-5-7-9/h2-7,11H,8H2,1H3. The summed E-state index contributed by atoms with van der Waals surface area (Å²) in [5, 5.41) is 9.17. The molecule has 0 bridgehead atoms. The SMILES string of the molecule is CC=C(O)Cc1ccccc1. The summed E-state index contributed by atoms with van der Waals surface area (Å²) in [6.07, 6.45) is 2.35. The molecule has 1 nitrogen and oxygen atoms in total. The Balaban J connectivity index is 2.65. The number of hydrogen-bond acceptors (Lipinski definition) is 1. The van der Waals surface area contributed by atoms with Crippen LogP contribution < -0.4 is 0 Å². The summed E-state index contributed by atoms with van der Waals surface area (Å²) in [5.41, 5.74) is 1.14. The maximum Gasteiger partial charge on any atom is 0.0923 e. The zero-order valence-electron chi connectivity index (χ0n) is 6.62. The zero-order chi connectivity index (χ0) is 8.10. The van der Waals surface area contributed by atoms with E-state index in [2.05, 4.69) is 0 Å². The van der Waals surface area contributed by atoms with E-state index < -0.39 is 0 Å². The highest BCUT2D eigenvalue weighted by atomic mass is 16.3. The van der Waals surface area contributed by atoms with Gasteiger partial charge < -0.3 is 5.11 Å². The van der Waals surface area contributed by atoms with Gasteiger partial charge in [0.2, 0.25) is 0 Å². The van der Waals surface area contributed by atoms with Crippen LogP contribution in [0.5, 0.6) is 0 Å². The van der Waals surface area contributed by atoms with Crippen LogP contribution in [0.3, 0.4) is 0 Å². The molecule has 0 heterocycles. The van der Waals surface area contributed by atoms with E-state index in [0.29, 0.717) is 12.2 Å². The summed E-state index contributed by atoms with van der Waals surface area (Å²) in [6.45, 7) is 1.83. The number of aliphatic hydroxyl groups is 1. The fraction of sp³-hybridized carbons (Fsp3) is 0.200. The van der Waals surface area contributed by atoms with Crippen LogP contribution in [0, 0.1) is 0 Å². The topological polar surface area (TPSA) is 20.2 Å². The van der Waals surface area contributed by atoms with Gasteiger partial charge in [-0.1, -0.05) is 30.3 Å². The molecule has 1 heteroatoms. The normalized spacial score (nSPS) is 11.5. The van der Waals surface area contributed by atoms with Crippen molar-refractivity contribution < 1.29 is 5.11 Å². The maximum absolute atomic E-state index is 9.17. The molecule has 0 saturated carbocycles. The van der Waals surface area contributed by atoms with Crippen molar-refractivity contribution in [3.8, 4) is 0 Å². The quantitative estimate of drug-likeness (QED) is 0.639. The van der Waals surface area contributed by atoms with Crippen LogP contribution in [0.1, 0.15) is 12.5 Å². The molecule has 0 aliphatic carbocycles. The lowest BCUT2D eigenvalue weighted by molar-refractivity contribution is 0.397. The van der Waals surface area contributed by atoms with Crippen molar-refractivity contribution in [2.24, 2.45) is 0 Å². The van der Waals surface area contributed by atoms with Crippen molar-refractivity contribution in [3.63, 3.8) is 0 Å². The molecule has 0 unspecified atom stereocenters.